The van der Waals surface area contributed by atoms with Crippen LogP contribution < -0.4 is 9.47 Å². The fourth-order valence-corrected chi connectivity index (χ4v) is 1.28. The molecule has 3 nitrogen and oxygen atoms in total. The number of aromatic hydroxyl groups is 1. The average Bonchev–Trinajstić information content (AvgIpc) is 2.17. The first kappa shape index (κ1) is 9.05. The SMILES string of the molecule is Oc1cc(C(F)F)cc2c1OCCO2. The van der Waals surface area contributed by atoms with Crippen LogP contribution in [0.25, 0.3) is 0 Å². The standard InChI is InChI=1S/C9H8F2O3/c10-9(11)5-3-6(12)8-7(4-5)13-1-2-14-8/h3-4,9,12H,1-2H2. The van der Waals surface area contributed by atoms with E-state index in [1.807, 2.05) is 0 Å². The number of rotatable bonds is 1. The predicted molar refractivity (Wildman–Crippen MR) is 44.1 cm³/mol. The highest BCUT2D eigenvalue weighted by molar-refractivity contribution is 5.53. The van der Waals surface area contributed by atoms with Crippen molar-refractivity contribution in [2.45, 2.75) is 6.43 Å². The van der Waals surface area contributed by atoms with Crippen molar-refractivity contribution in [3.63, 3.8) is 0 Å². The Bertz CT molecular complexity index is 352. The molecule has 1 aromatic rings. The van der Waals surface area contributed by atoms with E-state index in [0.29, 0.717) is 13.2 Å². The normalized spacial score (nSPS) is 14.5. The summed E-state index contributed by atoms with van der Waals surface area (Å²) in [5.41, 5.74) is -0.272. The summed E-state index contributed by atoms with van der Waals surface area (Å²) >= 11 is 0. The molecular formula is C9H8F2O3. The highest BCUT2D eigenvalue weighted by Gasteiger charge is 2.20. The van der Waals surface area contributed by atoms with Gasteiger partial charge >= 0.3 is 0 Å². The molecule has 2 rings (SSSR count). The third kappa shape index (κ3) is 1.45. The van der Waals surface area contributed by atoms with Crippen LogP contribution in [0.1, 0.15) is 12.0 Å². The number of hydrogen-bond acceptors (Lipinski definition) is 3. The van der Waals surface area contributed by atoms with E-state index >= 15 is 0 Å². The molecule has 0 unspecified atom stereocenters. The van der Waals surface area contributed by atoms with Crippen LogP contribution in [-0.2, 0) is 0 Å². The van der Waals surface area contributed by atoms with Gasteiger partial charge in [0.25, 0.3) is 6.43 Å². The minimum absolute atomic E-state index is 0.139. The zero-order valence-electron chi connectivity index (χ0n) is 7.17. The maximum atomic E-state index is 12.3. The second-order valence-corrected chi connectivity index (χ2v) is 2.86. The second kappa shape index (κ2) is 3.32. The van der Waals surface area contributed by atoms with Gasteiger partial charge in [0.2, 0.25) is 5.75 Å². The van der Waals surface area contributed by atoms with Crippen molar-refractivity contribution in [1.29, 1.82) is 0 Å². The molecule has 0 saturated carbocycles. The summed E-state index contributed by atoms with van der Waals surface area (Å²) < 4.78 is 34.8. The molecule has 1 aliphatic heterocycles. The lowest BCUT2D eigenvalue weighted by atomic mass is 10.2. The molecule has 1 aliphatic rings. The quantitative estimate of drug-likeness (QED) is 0.757. The minimum atomic E-state index is -2.63. The van der Waals surface area contributed by atoms with Crippen LogP contribution in [0.2, 0.25) is 0 Å². The molecule has 0 radical (unpaired) electrons. The van der Waals surface area contributed by atoms with E-state index in [4.69, 9.17) is 9.47 Å². The van der Waals surface area contributed by atoms with E-state index in [1.165, 1.54) is 6.07 Å². The highest BCUT2D eigenvalue weighted by Crippen LogP contribution is 2.41. The van der Waals surface area contributed by atoms with Crippen molar-refractivity contribution in [3.8, 4) is 17.2 Å². The molecule has 1 heterocycles. The number of alkyl halides is 2. The number of ether oxygens (including phenoxy) is 2. The smallest absolute Gasteiger partial charge is 0.264 e. The van der Waals surface area contributed by atoms with Gasteiger partial charge in [-0.3, -0.25) is 0 Å². The first-order valence-corrected chi connectivity index (χ1v) is 4.09. The Labute approximate surface area is 78.9 Å². The van der Waals surface area contributed by atoms with Crippen LogP contribution in [0.15, 0.2) is 12.1 Å². The molecule has 0 amide bonds. The summed E-state index contributed by atoms with van der Waals surface area (Å²) in [5, 5.41) is 9.35. The maximum Gasteiger partial charge on any atom is 0.264 e. The van der Waals surface area contributed by atoms with Gasteiger partial charge in [-0.15, -0.1) is 0 Å². The molecule has 0 spiro atoms. The van der Waals surface area contributed by atoms with Crippen LogP contribution in [0, 0.1) is 0 Å². The summed E-state index contributed by atoms with van der Waals surface area (Å²) in [7, 11) is 0. The van der Waals surface area contributed by atoms with Gasteiger partial charge in [0.05, 0.1) is 0 Å². The summed E-state index contributed by atoms with van der Waals surface area (Å²) in [5.74, 6) is 0.00435. The third-order valence-electron chi connectivity index (χ3n) is 1.90. The average molecular weight is 202 g/mol. The van der Waals surface area contributed by atoms with E-state index in [-0.39, 0.29) is 22.8 Å². The Balaban J connectivity index is 2.46. The summed E-state index contributed by atoms with van der Waals surface area (Å²) in [6.45, 7) is 0.619. The van der Waals surface area contributed by atoms with Crippen molar-refractivity contribution in [3.05, 3.63) is 17.7 Å². The molecule has 0 aromatic heterocycles. The van der Waals surface area contributed by atoms with E-state index in [9.17, 15) is 13.9 Å². The topological polar surface area (TPSA) is 38.7 Å². The Morgan fingerprint density at radius 3 is 2.64 bits per heavy atom. The second-order valence-electron chi connectivity index (χ2n) is 2.86. The first-order valence-electron chi connectivity index (χ1n) is 4.09. The molecule has 0 bridgehead atoms. The summed E-state index contributed by atoms with van der Waals surface area (Å²) in [6, 6.07) is 2.16. The highest BCUT2D eigenvalue weighted by atomic mass is 19.3. The van der Waals surface area contributed by atoms with Gasteiger partial charge in [0.15, 0.2) is 11.5 Å². The van der Waals surface area contributed by atoms with Crippen LogP contribution >= 0.6 is 0 Å². The van der Waals surface area contributed by atoms with E-state index in [1.54, 1.807) is 0 Å². The lowest BCUT2D eigenvalue weighted by Gasteiger charge is -2.19. The van der Waals surface area contributed by atoms with Crippen molar-refractivity contribution in [2.75, 3.05) is 13.2 Å². The Morgan fingerprint density at radius 2 is 1.93 bits per heavy atom. The number of halogens is 2. The molecule has 0 saturated heterocycles. The number of phenolic OH excluding ortho intramolecular Hbond substituents is 1. The fraction of sp³-hybridized carbons (Fsp3) is 0.333. The van der Waals surface area contributed by atoms with Crippen molar-refractivity contribution >= 4 is 0 Å². The molecule has 0 aliphatic carbocycles. The van der Waals surface area contributed by atoms with Gasteiger partial charge in [-0.25, -0.2) is 8.78 Å². The van der Waals surface area contributed by atoms with Crippen LogP contribution in [-0.4, -0.2) is 18.3 Å². The van der Waals surface area contributed by atoms with Crippen LogP contribution in [0.5, 0.6) is 17.2 Å². The van der Waals surface area contributed by atoms with Crippen molar-refractivity contribution in [2.24, 2.45) is 0 Å². The zero-order valence-corrected chi connectivity index (χ0v) is 7.17. The molecule has 0 atom stereocenters. The Hall–Kier alpha value is -1.52. The molecule has 0 fully saturated rings. The maximum absolute atomic E-state index is 12.3. The van der Waals surface area contributed by atoms with Gasteiger partial charge in [-0.05, 0) is 12.1 Å². The Morgan fingerprint density at radius 1 is 1.21 bits per heavy atom. The monoisotopic (exact) mass is 202 g/mol. The largest absolute Gasteiger partial charge is 0.504 e. The van der Waals surface area contributed by atoms with Gasteiger partial charge in [0.1, 0.15) is 13.2 Å². The minimum Gasteiger partial charge on any atom is -0.504 e. The van der Waals surface area contributed by atoms with Gasteiger partial charge in [0, 0.05) is 5.56 Å². The van der Waals surface area contributed by atoms with Gasteiger partial charge in [-0.2, -0.15) is 0 Å². The molecular weight excluding hydrogens is 194 g/mol. The van der Waals surface area contributed by atoms with Gasteiger partial charge < -0.3 is 14.6 Å². The molecule has 1 aromatic carbocycles. The number of hydrogen-bond donors (Lipinski definition) is 1. The lowest BCUT2D eigenvalue weighted by molar-refractivity contribution is 0.144. The predicted octanol–water partition coefficient (Wildman–Crippen LogP) is 2.10. The molecule has 14 heavy (non-hydrogen) atoms. The lowest BCUT2D eigenvalue weighted by Crippen LogP contribution is -2.15. The summed E-state index contributed by atoms with van der Waals surface area (Å²) in [4.78, 5) is 0. The van der Waals surface area contributed by atoms with E-state index < -0.39 is 6.43 Å². The molecule has 5 heteroatoms. The number of fused-ring (bicyclic) bond motifs is 1. The molecule has 1 N–H and O–H groups in total. The van der Waals surface area contributed by atoms with Crippen LogP contribution in [0.3, 0.4) is 0 Å². The zero-order chi connectivity index (χ0) is 10.1. The van der Waals surface area contributed by atoms with E-state index in [2.05, 4.69) is 0 Å². The van der Waals surface area contributed by atoms with Crippen molar-refractivity contribution < 1.29 is 23.4 Å². The number of benzene rings is 1. The third-order valence-corrected chi connectivity index (χ3v) is 1.90. The van der Waals surface area contributed by atoms with Crippen LogP contribution in [0.4, 0.5) is 8.78 Å². The van der Waals surface area contributed by atoms with E-state index in [0.717, 1.165) is 6.07 Å². The first-order chi connectivity index (χ1) is 6.68. The summed E-state index contributed by atoms with van der Waals surface area (Å²) in [6.07, 6.45) is -2.63. The molecule has 76 valence electrons. The fourth-order valence-electron chi connectivity index (χ4n) is 1.28. The van der Waals surface area contributed by atoms with Gasteiger partial charge in [-0.1, -0.05) is 0 Å². The Kier molecular flexibility index (Phi) is 2.15. The number of phenols is 1. The van der Waals surface area contributed by atoms with Crippen molar-refractivity contribution in [1.82, 2.24) is 0 Å².